The third-order valence-corrected chi connectivity index (χ3v) is 7.37. The molecule has 1 heterocycles. The molecule has 206 valence electrons. The Hall–Kier alpha value is -1.06. The highest BCUT2D eigenvalue weighted by atomic mass is 16.6. The molecule has 0 aromatic heterocycles. The maximum absolute atomic E-state index is 11.9. The zero-order valence-electron chi connectivity index (χ0n) is 23.6. The lowest BCUT2D eigenvalue weighted by atomic mass is 10.0. The monoisotopic (exact) mass is 492 g/mol. The van der Waals surface area contributed by atoms with Gasteiger partial charge in [0.05, 0.1) is 5.71 Å². The summed E-state index contributed by atoms with van der Waals surface area (Å²) in [7, 11) is 0. The van der Waals surface area contributed by atoms with Crippen LogP contribution in [0.4, 0.5) is 0 Å². The fourth-order valence-corrected chi connectivity index (χ4v) is 5.00. The van der Waals surface area contributed by atoms with E-state index in [1.54, 1.807) is 0 Å². The van der Waals surface area contributed by atoms with Crippen LogP contribution >= 0.6 is 0 Å². The second-order valence-corrected chi connectivity index (χ2v) is 10.9. The average Bonchev–Trinajstić information content (AvgIpc) is 2.86. The number of oxime groups is 1. The average molecular weight is 493 g/mol. The molecule has 1 rings (SSSR count). The predicted molar refractivity (Wildman–Crippen MR) is 152 cm³/mol. The number of hydrogen-bond donors (Lipinski definition) is 1. The number of hydrogen-bond acceptors (Lipinski definition) is 3. The molecule has 0 saturated carbocycles. The molecule has 0 bridgehead atoms. The van der Waals surface area contributed by atoms with Crippen molar-refractivity contribution in [1.29, 1.82) is 0 Å². The number of amides is 1. The zero-order valence-corrected chi connectivity index (χ0v) is 23.6. The Morgan fingerprint density at radius 1 is 0.600 bits per heavy atom. The molecule has 0 aromatic carbocycles. The maximum Gasteiger partial charge on any atom is 0.219 e. The third-order valence-electron chi connectivity index (χ3n) is 7.37. The van der Waals surface area contributed by atoms with Crippen molar-refractivity contribution in [3.05, 3.63) is 0 Å². The van der Waals surface area contributed by atoms with Gasteiger partial charge in [-0.15, -0.1) is 0 Å². The molecule has 0 unspecified atom stereocenters. The molecule has 1 fully saturated rings. The van der Waals surface area contributed by atoms with E-state index in [1.807, 2.05) is 0 Å². The van der Waals surface area contributed by atoms with E-state index in [2.05, 4.69) is 17.4 Å². The smallest absolute Gasteiger partial charge is 0.219 e. The Bertz CT molecular complexity index is 492. The topological polar surface area (TPSA) is 50.7 Å². The van der Waals surface area contributed by atoms with E-state index < -0.39 is 0 Å². The molecule has 0 aliphatic carbocycles. The molecular weight excluding hydrogens is 432 g/mol. The molecule has 1 aliphatic rings. The fraction of sp³-hybridized carbons (Fsp3) is 0.935. The second-order valence-electron chi connectivity index (χ2n) is 10.9. The highest BCUT2D eigenvalue weighted by Crippen LogP contribution is 2.14. The molecule has 4 heteroatoms. The molecule has 35 heavy (non-hydrogen) atoms. The zero-order chi connectivity index (χ0) is 25.1. The van der Waals surface area contributed by atoms with Gasteiger partial charge >= 0.3 is 0 Å². The van der Waals surface area contributed by atoms with Crippen molar-refractivity contribution in [1.82, 2.24) is 5.32 Å². The minimum Gasteiger partial charge on any atom is -0.396 e. The van der Waals surface area contributed by atoms with E-state index in [0.717, 1.165) is 45.3 Å². The molecule has 4 nitrogen and oxygen atoms in total. The van der Waals surface area contributed by atoms with Gasteiger partial charge in [0.1, 0.15) is 6.61 Å². The summed E-state index contributed by atoms with van der Waals surface area (Å²) in [4.78, 5) is 17.6. The lowest BCUT2D eigenvalue weighted by Gasteiger charge is -2.10. The van der Waals surface area contributed by atoms with Crippen molar-refractivity contribution in [2.24, 2.45) is 5.16 Å². The summed E-state index contributed by atoms with van der Waals surface area (Å²) in [6.45, 7) is 3.80. The first-order valence-corrected chi connectivity index (χ1v) is 15.8. The summed E-state index contributed by atoms with van der Waals surface area (Å²) in [6, 6.07) is 0. The molecule has 0 spiro atoms. The van der Waals surface area contributed by atoms with Crippen LogP contribution in [0.25, 0.3) is 0 Å². The van der Waals surface area contributed by atoms with Gasteiger partial charge in [0, 0.05) is 13.0 Å². The minimum atomic E-state index is 0.213. The van der Waals surface area contributed by atoms with Gasteiger partial charge in [-0.3, -0.25) is 4.79 Å². The van der Waals surface area contributed by atoms with Crippen LogP contribution in [0.2, 0.25) is 0 Å². The van der Waals surface area contributed by atoms with Gasteiger partial charge in [0.15, 0.2) is 0 Å². The first-order valence-electron chi connectivity index (χ1n) is 15.8. The van der Waals surface area contributed by atoms with Crippen LogP contribution in [0, 0.1) is 0 Å². The number of unbranched alkanes of at least 4 members (excludes halogenated alkanes) is 13. The van der Waals surface area contributed by atoms with Gasteiger partial charge in [0.25, 0.3) is 0 Å². The number of nitrogens with one attached hydrogen (secondary N) is 1. The Morgan fingerprint density at radius 2 is 1.06 bits per heavy atom. The number of nitrogens with zero attached hydrogens (tertiary/aromatic N) is 1. The van der Waals surface area contributed by atoms with E-state index in [4.69, 9.17) is 4.84 Å². The van der Waals surface area contributed by atoms with E-state index in [0.29, 0.717) is 6.42 Å². The first-order chi connectivity index (χ1) is 17.3. The van der Waals surface area contributed by atoms with Gasteiger partial charge < -0.3 is 10.2 Å². The lowest BCUT2D eigenvalue weighted by molar-refractivity contribution is -0.121. The van der Waals surface area contributed by atoms with Gasteiger partial charge in [-0.25, -0.2) is 0 Å². The maximum atomic E-state index is 11.9. The van der Waals surface area contributed by atoms with E-state index in [9.17, 15) is 4.79 Å². The predicted octanol–water partition coefficient (Wildman–Crippen LogP) is 9.65. The van der Waals surface area contributed by atoms with Crippen LogP contribution in [0.15, 0.2) is 5.16 Å². The van der Waals surface area contributed by atoms with Crippen molar-refractivity contribution in [2.75, 3.05) is 13.2 Å². The molecule has 0 radical (unpaired) electrons. The molecule has 0 aromatic rings. The number of carbonyl (C=O) groups is 1. The SMILES string of the molecule is CCCCCCCCCCCCCCCCO/N=C1\CCCCCCCCCCC(=O)NCCC1. The van der Waals surface area contributed by atoms with Crippen molar-refractivity contribution in [3.63, 3.8) is 0 Å². The first kappa shape index (κ1) is 32.0. The standard InChI is InChI=1S/C31H60N2O2/c1-2-3-4-5-6-7-8-9-10-11-14-17-20-23-29-35-33-30-25-21-18-15-12-13-16-19-22-27-31(34)32-28-24-26-30/h2-29H2,1H3,(H,32,34)/b33-30+. The Labute approximate surface area is 218 Å². The Morgan fingerprint density at radius 3 is 1.63 bits per heavy atom. The molecule has 1 amide bonds. The normalized spacial score (nSPS) is 18.4. The van der Waals surface area contributed by atoms with Gasteiger partial charge in [-0.05, 0) is 44.9 Å². The van der Waals surface area contributed by atoms with Crippen molar-refractivity contribution in [3.8, 4) is 0 Å². The molecule has 0 atom stereocenters. The van der Waals surface area contributed by atoms with E-state index in [1.165, 1.54) is 134 Å². The van der Waals surface area contributed by atoms with Crippen molar-refractivity contribution < 1.29 is 9.63 Å². The number of rotatable bonds is 16. The molecule has 1 saturated heterocycles. The van der Waals surface area contributed by atoms with Crippen LogP contribution in [-0.4, -0.2) is 24.8 Å². The van der Waals surface area contributed by atoms with Crippen molar-refractivity contribution in [2.45, 2.75) is 174 Å². The summed E-state index contributed by atoms with van der Waals surface area (Å²) in [5.41, 5.74) is 1.19. The Kier molecular flexibility index (Phi) is 23.8. The third kappa shape index (κ3) is 23.1. The van der Waals surface area contributed by atoms with Gasteiger partial charge in [-0.1, -0.05) is 128 Å². The van der Waals surface area contributed by atoms with Crippen LogP contribution in [0.1, 0.15) is 174 Å². The van der Waals surface area contributed by atoms with Crippen LogP contribution in [-0.2, 0) is 9.63 Å². The van der Waals surface area contributed by atoms with Gasteiger partial charge in [-0.2, -0.15) is 0 Å². The highest BCUT2D eigenvalue weighted by Gasteiger charge is 2.05. The van der Waals surface area contributed by atoms with E-state index >= 15 is 0 Å². The van der Waals surface area contributed by atoms with Gasteiger partial charge in [0.2, 0.25) is 5.91 Å². The molecular formula is C31H60N2O2. The Balaban J connectivity index is 2.04. The highest BCUT2D eigenvalue weighted by molar-refractivity contribution is 5.84. The minimum absolute atomic E-state index is 0.213. The van der Waals surface area contributed by atoms with E-state index in [-0.39, 0.29) is 5.91 Å². The van der Waals surface area contributed by atoms with Crippen LogP contribution < -0.4 is 5.32 Å². The summed E-state index contributed by atoms with van der Waals surface area (Å²) in [5.74, 6) is 0.213. The fourth-order valence-electron chi connectivity index (χ4n) is 5.00. The van der Waals surface area contributed by atoms with Crippen LogP contribution in [0.3, 0.4) is 0 Å². The summed E-state index contributed by atoms with van der Waals surface area (Å²) >= 11 is 0. The largest absolute Gasteiger partial charge is 0.396 e. The lowest BCUT2D eigenvalue weighted by Crippen LogP contribution is -2.24. The second kappa shape index (κ2) is 26.0. The summed E-state index contributed by atoms with van der Waals surface area (Å²) < 4.78 is 0. The van der Waals surface area contributed by atoms with Crippen LogP contribution in [0.5, 0.6) is 0 Å². The number of carbonyl (C=O) groups excluding carboxylic acids is 1. The molecule has 1 aliphatic heterocycles. The summed E-state index contributed by atoms with van der Waals surface area (Å²) in [5, 5.41) is 7.58. The quantitative estimate of drug-likeness (QED) is 0.172. The summed E-state index contributed by atoms with van der Waals surface area (Å²) in [6.07, 6.45) is 32.9. The molecule has 1 N–H and O–H groups in total. The van der Waals surface area contributed by atoms with Crippen molar-refractivity contribution >= 4 is 11.6 Å².